The molecule has 29 heavy (non-hydrogen) atoms. The van der Waals surface area contributed by atoms with Crippen LogP contribution in [0.2, 0.25) is 0 Å². The van der Waals surface area contributed by atoms with Gasteiger partial charge in [0.05, 0.1) is 19.7 Å². The molecule has 1 aliphatic heterocycles. The summed E-state index contributed by atoms with van der Waals surface area (Å²) in [7, 11) is 3.81. The molecule has 3 rings (SSSR count). The number of likely N-dealkylation sites (N-methyl/N-ethyl adjacent to an activating group) is 1. The molecule has 5 nitrogen and oxygen atoms in total. The maximum absolute atomic E-state index is 12.7. The summed E-state index contributed by atoms with van der Waals surface area (Å²) < 4.78 is 5.24. The Kier molecular flexibility index (Phi) is 7.29. The minimum Gasteiger partial charge on any atom is -0.497 e. The fourth-order valence-electron chi connectivity index (χ4n) is 4.19. The number of hydrogen-bond acceptors (Lipinski definition) is 4. The molecule has 0 spiro atoms. The van der Waals surface area contributed by atoms with Crippen LogP contribution in [0, 0.1) is 5.92 Å². The summed E-state index contributed by atoms with van der Waals surface area (Å²) in [5, 5.41) is 6.70. The van der Waals surface area contributed by atoms with Crippen molar-refractivity contribution in [3.8, 4) is 5.75 Å². The van der Waals surface area contributed by atoms with E-state index in [2.05, 4.69) is 60.7 Å². The van der Waals surface area contributed by atoms with E-state index in [1.807, 2.05) is 30.3 Å². The minimum absolute atomic E-state index is 0.0219. The Morgan fingerprint density at radius 3 is 2.45 bits per heavy atom. The highest BCUT2D eigenvalue weighted by molar-refractivity contribution is 5.78. The van der Waals surface area contributed by atoms with Gasteiger partial charge in [0, 0.05) is 18.6 Å². The lowest BCUT2D eigenvalue weighted by Crippen LogP contribution is -2.43. The normalized spacial score (nSPS) is 20.6. The van der Waals surface area contributed by atoms with Crippen molar-refractivity contribution in [2.45, 2.75) is 38.4 Å². The smallest absolute Gasteiger partial charge is 0.234 e. The summed E-state index contributed by atoms with van der Waals surface area (Å²) in [6.07, 6.45) is 1.04. The molecular weight excluding hydrogens is 362 g/mol. The lowest BCUT2D eigenvalue weighted by Gasteiger charge is -2.27. The van der Waals surface area contributed by atoms with Crippen LogP contribution in [0.25, 0.3) is 0 Å². The Morgan fingerprint density at radius 2 is 1.83 bits per heavy atom. The van der Waals surface area contributed by atoms with Crippen LogP contribution in [0.3, 0.4) is 0 Å². The zero-order valence-electron chi connectivity index (χ0n) is 17.9. The second kappa shape index (κ2) is 9.90. The Bertz CT molecular complexity index is 776. The number of carbonyl (C=O) groups excluding carboxylic acids is 1. The molecule has 1 heterocycles. The van der Waals surface area contributed by atoms with Crippen molar-refractivity contribution in [2.24, 2.45) is 5.92 Å². The highest BCUT2D eigenvalue weighted by Gasteiger charge is 2.33. The average molecular weight is 396 g/mol. The third-order valence-electron chi connectivity index (χ3n) is 5.77. The zero-order valence-corrected chi connectivity index (χ0v) is 17.9. The van der Waals surface area contributed by atoms with Crippen molar-refractivity contribution in [1.29, 1.82) is 0 Å². The zero-order chi connectivity index (χ0) is 20.8. The van der Waals surface area contributed by atoms with E-state index >= 15 is 0 Å². The first kappa shape index (κ1) is 21.3. The van der Waals surface area contributed by atoms with Gasteiger partial charge in [0.1, 0.15) is 5.75 Å². The molecule has 1 saturated heterocycles. The Hall–Kier alpha value is -2.37. The van der Waals surface area contributed by atoms with Crippen LogP contribution in [-0.4, -0.2) is 44.1 Å². The number of carbonyl (C=O) groups is 1. The van der Waals surface area contributed by atoms with Gasteiger partial charge in [-0.1, -0.05) is 56.3 Å². The van der Waals surface area contributed by atoms with Crippen LogP contribution in [-0.2, 0) is 4.79 Å². The van der Waals surface area contributed by atoms with Crippen molar-refractivity contribution < 1.29 is 9.53 Å². The first-order valence-electron chi connectivity index (χ1n) is 10.4. The summed E-state index contributed by atoms with van der Waals surface area (Å²) in [4.78, 5) is 15.1. The van der Waals surface area contributed by atoms with Gasteiger partial charge < -0.3 is 15.4 Å². The van der Waals surface area contributed by atoms with Crippen molar-refractivity contribution in [3.05, 3.63) is 65.7 Å². The molecule has 0 bridgehead atoms. The fraction of sp³-hybridized carbons (Fsp3) is 0.458. The van der Waals surface area contributed by atoms with Gasteiger partial charge in [-0.2, -0.15) is 0 Å². The van der Waals surface area contributed by atoms with Crippen LogP contribution >= 0.6 is 0 Å². The lowest BCUT2D eigenvalue weighted by molar-refractivity contribution is -0.121. The van der Waals surface area contributed by atoms with Crippen LogP contribution < -0.4 is 15.4 Å². The van der Waals surface area contributed by atoms with Gasteiger partial charge in [-0.15, -0.1) is 0 Å². The predicted molar refractivity (Wildman–Crippen MR) is 117 cm³/mol. The molecule has 0 saturated carbocycles. The maximum atomic E-state index is 12.7. The van der Waals surface area contributed by atoms with Crippen LogP contribution in [0.15, 0.2) is 54.6 Å². The molecule has 156 valence electrons. The summed E-state index contributed by atoms with van der Waals surface area (Å²) >= 11 is 0. The third-order valence-corrected chi connectivity index (χ3v) is 5.77. The number of nitrogens with one attached hydrogen (secondary N) is 2. The second-order valence-corrected chi connectivity index (χ2v) is 8.17. The molecule has 0 radical (unpaired) electrons. The van der Waals surface area contributed by atoms with Gasteiger partial charge in [-0.3, -0.25) is 9.69 Å². The van der Waals surface area contributed by atoms with Gasteiger partial charge >= 0.3 is 0 Å². The Morgan fingerprint density at radius 1 is 1.14 bits per heavy atom. The minimum atomic E-state index is -0.0219. The van der Waals surface area contributed by atoms with Crippen molar-refractivity contribution >= 4 is 5.91 Å². The van der Waals surface area contributed by atoms with Gasteiger partial charge in [0.2, 0.25) is 5.91 Å². The number of benzene rings is 2. The van der Waals surface area contributed by atoms with E-state index in [1.54, 1.807) is 7.11 Å². The molecule has 0 aromatic heterocycles. The highest BCUT2D eigenvalue weighted by atomic mass is 16.5. The number of hydrogen-bond donors (Lipinski definition) is 2. The summed E-state index contributed by atoms with van der Waals surface area (Å²) in [5.41, 5.74) is 2.39. The van der Waals surface area contributed by atoms with Crippen molar-refractivity contribution in [1.82, 2.24) is 15.5 Å². The molecule has 2 aromatic rings. The second-order valence-electron chi connectivity index (χ2n) is 8.17. The number of rotatable bonds is 8. The summed E-state index contributed by atoms with van der Waals surface area (Å²) in [6, 6.07) is 19.0. The lowest BCUT2D eigenvalue weighted by atomic mass is 9.96. The number of likely N-dealkylation sites (tertiary alicyclic amines) is 1. The van der Waals surface area contributed by atoms with Gasteiger partial charge in [-0.05, 0) is 42.6 Å². The van der Waals surface area contributed by atoms with E-state index in [4.69, 9.17) is 4.74 Å². The van der Waals surface area contributed by atoms with Crippen LogP contribution in [0.4, 0.5) is 0 Å². The summed E-state index contributed by atoms with van der Waals surface area (Å²) in [6.45, 7) is 5.60. The monoisotopic (exact) mass is 395 g/mol. The molecule has 2 aromatic carbocycles. The number of amides is 1. The van der Waals surface area contributed by atoms with Crippen molar-refractivity contribution in [3.63, 3.8) is 0 Å². The topological polar surface area (TPSA) is 53.6 Å². The van der Waals surface area contributed by atoms with E-state index in [1.165, 1.54) is 5.56 Å². The third kappa shape index (κ3) is 5.37. The van der Waals surface area contributed by atoms with E-state index in [0.29, 0.717) is 18.5 Å². The quantitative estimate of drug-likeness (QED) is 0.718. The largest absolute Gasteiger partial charge is 0.497 e. The number of nitrogens with zero attached hydrogens (tertiary/aromatic N) is 1. The van der Waals surface area contributed by atoms with Gasteiger partial charge in [0.15, 0.2) is 0 Å². The first-order chi connectivity index (χ1) is 14.0. The SMILES string of the molecule is COc1ccc(C(NC(=O)CNC2CCN(C)C2c2ccccc2)C(C)C)cc1. The highest BCUT2D eigenvalue weighted by Crippen LogP contribution is 2.30. The maximum Gasteiger partial charge on any atom is 0.234 e. The molecule has 2 N–H and O–H groups in total. The molecule has 1 amide bonds. The Labute approximate surface area is 174 Å². The van der Waals surface area contributed by atoms with E-state index in [-0.39, 0.29) is 18.0 Å². The molecule has 0 aliphatic carbocycles. The van der Waals surface area contributed by atoms with Gasteiger partial charge in [-0.25, -0.2) is 0 Å². The molecule has 3 atom stereocenters. The van der Waals surface area contributed by atoms with E-state index in [9.17, 15) is 4.79 Å². The predicted octanol–water partition coefficient (Wildman–Crippen LogP) is 3.54. The average Bonchev–Trinajstić information content (AvgIpc) is 3.11. The van der Waals surface area contributed by atoms with Crippen molar-refractivity contribution in [2.75, 3.05) is 27.2 Å². The fourth-order valence-corrected chi connectivity index (χ4v) is 4.19. The Balaban J connectivity index is 1.60. The molecule has 1 fully saturated rings. The molecule has 1 aliphatic rings. The number of ether oxygens (including phenoxy) is 1. The molecule has 5 heteroatoms. The molecule has 3 unspecified atom stereocenters. The van der Waals surface area contributed by atoms with Crippen LogP contribution in [0.1, 0.15) is 43.5 Å². The molecular formula is C24H33N3O2. The number of methoxy groups -OCH3 is 1. The van der Waals surface area contributed by atoms with E-state index in [0.717, 1.165) is 24.3 Å². The van der Waals surface area contributed by atoms with E-state index < -0.39 is 0 Å². The van der Waals surface area contributed by atoms with Gasteiger partial charge in [0.25, 0.3) is 0 Å². The first-order valence-corrected chi connectivity index (χ1v) is 10.4. The van der Waals surface area contributed by atoms with Crippen LogP contribution in [0.5, 0.6) is 5.75 Å². The summed E-state index contributed by atoms with van der Waals surface area (Å²) in [5.74, 6) is 1.14. The standard InChI is InChI=1S/C24H33N3O2/c1-17(2)23(18-10-12-20(29-4)13-11-18)26-22(28)16-25-21-14-15-27(3)24(21)19-8-6-5-7-9-19/h5-13,17,21,23-25H,14-16H2,1-4H3,(H,26,28).